The largest absolute Gasteiger partial charge is 0.779 e. The molecule has 2 aromatic rings. The number of benzene rings is 1. The van der Waals surface area contributed by atoms with Gasteiger partial charge in [0, 0.05) is 5.69 Å². The third kappa shape index (κ3) is 1.71. The smallest absolute Gasteiger partial charge is 0.119 e. The van der Waals surface area contributed by atoms with Crippen molar-refractivity contribution in [2.75, 3.05) is 7.11 Å². The fourth-order valence-corrected chi connectivity index (χ4v) is 2.37. The van der Waals surface area contributed by atoms with Crippen molar-refractivity contribution in [2.45, 2.75) is 25.2 Å². The van der Waals surface area contributed by atoms with Crippen molar-refractivity contribution < 1.29 is 4.74 Å². The number of rotatable bonds is 2. The molecule has 3 heteroatoms. The number of aromatic nitrogens is 1. The van der Waals surface area contributed by atoms with E-state index in [4.69, 9.17) is 17.4 Å². The van der Waals surface area contributed by atoms with E-state index in [0.717, 1.165) is 39.2 Å². The lowest BCUT2D eigenvalue weighted by Crippen LogP contribution is -1.97. The molecule has 0 bridgehead atoms. The molecule has 16 heavy (non-hydrogen) atoms. The van der Waals surface area contributed by atoms with Crippen molar-refractivity contribution in [1.29, 1.82) is 0 Å². The molecule has 0 atom stereocenters. The van der Waals surface area contributed by atoms with Gasteiger partial charge in [-0.3, -0.25) is 4.98 Å². The molecule has 0 aliphatic rings. The van der Waals surface area contributed by atoms with Crippen LogP contribution in [0.5, 0.6) is 5.75 Å². The van der Waals surface area contributed by atoms with E-state index in [9.17, 15) is 0 Å². The summed E-state index contributed by atoms with van der Waals surface area (Å²) in [6, 6.07) is 5.83. The van der Waals surface area contributed by atoms with Crippen LogP contribution < -0.4 is 4.74 Å². The molecule has 0 aliphatic carbocycles. The minimum Gasteiger partial charge on any atom is -0.779 e. The molecule has 0 saturated carbocycles. The predicted octanol–water partition coefficient (Wildman–Crippen LogP) is 3.02. The van der Waals surface area contributed by atoms with E-state index in [1.807, 2.05) is 25.1 Å². The molecule has 1 aromatic heterocycles. The van der Waals surface area contributed by atoms with E-state index < -0.39 is 0 Å². The van der Waals surface area contributed by atoms with E-state index >= 15 is 0 Å². The standard InChI is InChI=1S/C13H15NOS/c1-4-10-8(2)14-12-6-5-9(15-3)7-11(12)13(10)16/h5-7H,4H2,1-3H3,(H,14,16)/p-1. The van der Waals surface area contributed by atoms with Crippen LogP contribution in [0.15, 0.2) is 23.1 Å². The number of methoxy groups -OCH3 is 1. The summed E-state index contributed by atoms with van der Waals surface area (Å²) < 4.78 is 5.21. The Hall–Kier alpha value is -1.35. The van der Waals surface area contributed by atoms with Gasteiger partial charge in [-0.1, -0.05) is 6.92 Å². The van der Waals surface area contributed by atoms with Crippen molar-refractivity contribution in [2.24, 2.45) is 0 Å². The Morgan fingerprint density at radius 2 is 2.12 bits per heavy atom. The van der Waals surface area contributed by atoms with E-state index in [1.165, 1.54) is 0 Å². The van der Waals surface area contributed by atoms with Crippen molar-refractivity contribution in [3.8, 4) is 5.75 Å². The monoisotopic (exact) mass is 232 g/mol. The molecule has 2 rings (SSSR count). The van der Waals surface area contributed by atoms with Gasteiger partial charge in [0.1, 0.15) is 5.75 Å². The average Bonchev–Trinajstić information content (AvgIpc) is 2.29. The lowest BCUT2D eigenvalue weighted by Gasteiger charge is -2.18. The van der Waals surface area contributed by atoms with Crippen molar-refractivity contribution in [3.05, 3.63) is 29.5 Å². The Kier molecular flexibility index (Phi) is 2.97. The highest BCUT2D eigenvalue weighted by molar-refractivity contribution is 7.59. The topological polar surface area (TPSA) is 22.1 Å². The second-order valence-electron chi connectivity index (χ2n) is 3.74. The van der Waals surface area contributed by atoms with Crippen LogP contribution >= 0.6 is 0 Å². The summed E-state index contributed by atoms with van der Waals surface area (Å²) in [6.45, 7) is 4.12. The Labute approximate surface area is 101 Å². The predicted molar refractivity (Wildman–Crippen MR) is 68.0 cm³/mol. The second kappa shape index (κ2) is 4.26. The zero-order valence-electron chi connectivity index (χ0n) is 9.70. The number of nitrogens with zero attached hydrogens (tertiary/aromatic N) is 1. The molecule has 0 radical (unpaired) electrons. The summed E-state index contributed by atoms with van der Waals surface area (Å²) in [5.41, 5.74) is 3.14. The van der Waals surface area contributed by atoms with Crippen LogP contribution in [0.2, 0.25) is 0 Å². The summed E-state index contributed by atoms with van der Waals surface area (Å²) in [7, 11) is 1.66. The first-order valence-electron chi connectivity index (χ1n) is 5.31. The van der Waals surface area contributed by atoms with E-state index in [2.05, 4.69) is 11.9 Å². The fraction of sp³-hybridized carbons (Fsp3) is 0.308. The summed E-state index contributed by atoms with van der Waals surface area (Å²) in [5, 5.41) is 1.01. The molecular weight excluding hydrogens is 218 g/mol. The molecule has 0 fully saturated rings. The van der Waals surface area contributed by atoms with Gasteiger partial charge in [0.2, 0.25) is 0 Å². The van der Waals surface area contributed by atoms with Gasteiger partial charge < -0.3 is 17.4 Å². The van der Waals surface area contributed by atoms with Gasteiger partial charge in [-0.15, -0.1) is 0 Å². The molecule has 0 saturated heterocycles. The van der Waals surface area contributed by atoms with Gasteiger partial charge in [0.25, 0.3) is 0 Å². The van der Waals surface area contributed by atoms with E-state index in [-0.39, 0.29) is 0 Å². The van der Waals surface area contributed by atoms with Crippen LogP contribution in [0.25, 0.3) is 10.9 Å². The fourth-order valence-electron chi connectivity index (χ4n) is 1.91. The van der Waals surface area contributed by atoms with Gasteiger partial charge in [-0.05, 0) is 42.5 Å². The maximum atomic E-state index is 5.49. The minimum absolute atomic E-state index is 0.825. The zero-order chi connectivity index (χ0) is 11.7. The molecule has 1 aromatic carbocycles. The molecule has 0 amide bonds. The zero-order valence-corrected chi connectivity index (χ0v) is 10.5. The molecule has 1 heterocycles. The minimum atomic E-state index is 0.825. The number of fused-ring (bicyclic) bond motifs is 1. The molecule has 0 N–H and O–H groups in total. The first-order chi connectivity index (χ1) is 7.67. The van der Waals surface area contributed by atoms with Crippen LogP contribution in [0.4, 0.5) is 0 Å². The van der Waals surface area contributed by atoms with Gasteiger partial charge in [0.15, 0.2) is 0 Å². The molecule has 0 spiro atoms. The molecule has 0 unspecified atom stereocenters. The maximum absolute atomic E-state index is 5.49. The second-order valence-corrected chi connectivity index (χ2v) is 4.15. The highest BCUT2D eigenvalue weighted by Crippen LogP contribution is 2.26. The Morgan fingerprint density at radius 3 is 2.75 bits per heavy atom. The third-order valence-electron chi connectivity index (χ3n) is 2.80. The van der Waals surface area contributed by atoms with Crippen molar-refractivity contribution in [1.82, 2.24) is 4.98 Å². The third-order valence-corrected chi connectivity index (χ3v) is 3.27. The van der Waals surface area contributed by atoms with E-state index in [0.29, 0.717) is 0 Å². The van der Waals surface area contributed by atoms with Crippen LogP contribution in [0.1, 0.15) is 18.2 Å². The Morgan fingerprint density at radius 1 is 1.38 bits per heavy atom. The van der Waals surface area contributed by atoms with Gasteiger partial charge in [-0.25, -0.2) is 0 Å². The van der Waals surface area contributed by atoms with E-state index in [1.54, 1.807) is 7.11 Å². The van der Waals surface area contributed by atoms with Gasteiger partial charge >= 0.3 is 0 Å². The van der Waals surface area contributed by atoms with Crippen LogP contribution in [0, 0.1) is 6.92 Å². The number of pyridine rings is 1. The molecule has 84 valence electrons. The van der Waals surface area contributed by atoms with Crippen LogP contribution in [0.3, 0.4) is 0 Å². The van der Waals surface area contributed by atoms with Crippen LogP contribution in [-0.2, 0) is 19.0 Å². The summed E-state index contributed by atoms with van der Waals surface area (Å²) in [6.07, 6.45) is 0.921. The van der Waals surface area contributed by atoms with Crippen molar-refractivity contribution in [3.63, 3.8) is 0 Å². The number of hydrogen-bond donors (Lipinski definition) is 0. The normalized spacial score (nSPS) is 10.7. The summed E-state index contributed by atoms with van der Waals surface area (Å²) >= 11 is 5.49. The number of hydrogen-bond acceptors (Lipinski definition) is 3. The van der Waals surface area contributed by atoms with Gasteiger partial charge in [-0.2, -0.15) is 4.90 Å². The van der Waals surface area contributed by atoms with Crippen molar-refractivity contribution >= 4 is 23.5 Å². The Balaban J connectivity index is 2.78. The summed E-state index contributed by atoms with van der Waals surface area (Å²) in [5.74, 6) is 0.825. The average molecular weight is 232 g/mol. The van der Waals surface area contributed by atoms with Gasteiger partial charge in [0.05, 0.1) is 12.6 Å². The lowest BCUT2D eigenvalue weighted by molar-refractivity contribution is 0.415. The first-order valence-corrected chi connectivity index (χ1v) is 5.72. The molecular formula is C13H14NOS-. The highest BCUT2D eigenvalue weighted by atomic mass is 32.1. The summed E-state index contributed by atoms with van der Waals surface area (Å²) in [4.78, 5) is 5.47. The molecule has 2 nitrogen and oxygen atoms in total. The lowest BCUT2D eigenvalue weighted by atomic mass is 10.1. The number of ether oxygens (including phenoxy) is 1. The highest BCUT2D eigenvalue weighted by Gasteiger charge is 2.04. The first kappa shape index (κ1) is 11.1. The SMILES string of the molecule is CCc1c(C)nc2ccc(OC)cc2c1[S-]. The number of aryl methyl sites for hydroxylation is 1. The maximum Gasteiger partial charge on any atom is 0.119 e. The quantitative estimate of drug-likeness (QED) is 0.743. The van der Waals surface area contributed by atoms with Crippen LogP contribution in [-0.4, -0.2) is 12.1 Å². The molecule has 0 aliphatic heterocycles. The Bertz CT molecular complexity index is 537.